The lowest BCUT2D eigenvalue weighted by Crippen LogP contribution is -2.56. The zero-order valence-electron chi connectivity index (χ0n) is 12.0. The van der Waals surface area contributed by atoms with Crippen molar-refractivity contribution in [3.8, 4) is 0 Å². The first-order chi connectivity index (χ1) is 9.99. The Labute approximate surface area is 121 Å². The highest BCUT2D eigenvalue weighted by atomic mass is 19.4. The van der Waals surface area contributed by atoms with Crippen molar-refractivity contribution in [2.24, 2.45) is 0 Å². The first-order valence-electron chi connectivity index (χ1n) is 7.40. The second kappa shape index (κ2) is 5.44. The average Bonchev–Trinajstić information content (AvgIpc) is 2.92. The van der Waals surface area contributed by atoms with E-state index in [4.69, 9.17) is 0 Å². The molecule has 0 radical (unpaired) electrons. The van der Waals surface area contributed by atoms with Crippen LogP contribution in [0.5, 0.6) is 0 Å². The highest BCUT2D eigenvalue weighted by Gasteiger charge is 2.37. The molecule has 0 aromatic carbocycles. The summed E-state index contributed by atoms with van der Waals surface area (Å²) in [6.45, 7) is 5.03. The van der Waals surface area contributed by atoms with Crippen LogP contribution >= 0.6 is 0 Å². The van der Waals surface area contributed by atoms with E-state index in [0.29, 0.717) is 17.9 Å². The quantitative estimate of drug-likeness (QED) is 0.840. The van der Waals surface area contributed by atoms with Gasteiger partial charge in [0.15, 0.2) is 11.5 Å². The third kappa shape index (κ3) is 2.84. The molecule has 2 saturated heterocycles. The van der Waals surface area contributed by atoms with Crippen molar-refractivity contribution in [1.29, 1.82) is 0 Å². The second-order valence-electron chi connectivity index (χ2n) is 5.78. The fourth-order valence-electron chi connectivity index (χ4n) is 3.35. The number of fused-ring (bicyclic) bond motifs is 1. The fourth-order valence-corrected chi connectivity index (χ4v) is 3.35. The van der Waals surface area contributed by atoms with Gasteiger partial charge in [0.05, 0.1) is 0 Å². The standard InChI is InChI=1S/C14H19F3N4/c1-2-10-8-20-7-3-4-11(20)9-21(10)13-6-5-12(18-19-13)14(15,16)17/h5-6,10-11H,2-4,7-9H2,1H3. The van der Waals surface area contributed by atoms with Crippen molar-refractivity contribution >= 4 is 5.82 Å². The zero-order chi connectivity index (χ0) is 15.0. The SMILES string of the molecule is CCC1CN2CCCC2CN1c1ccc(C(F)(F)F)nn1. The molecular formula is C14H19F3N4. The molecule has 7 heteroatoms. The summed E-state index contributed by atoms with van der Waals surface area (Å²) in [5.41, 5.74) is -0.932. The maximum Gasteiger partial charge on any atom is 0.435 e. The zero-order valence-corrected chi connectivity index (χ0v) is 12.0. The van der Waals surface area contributed by atoms with Crippen LogP contribution in [0.3, 0.4) is 0 Å². The normalized spacial score (nSPS) is 27.0. The number of halogens is 3. The van der Waals surface area contributed by atoms with E-state index < -0.39 is 11.9 Å². The molecule has 0 saturated carbocycles. The predicted octanol–water partition coefficient (Wildman–Crippen LogP) is 2.56. The summed E-state index contributed by atoms with van der Waals surface area (Å²) in [5.74, 6) is 0.557. The van der Waals surface area contributed by atoms with Crippen molar-refractivity contribution in [2.75, 3.05) is 24.5 Å². The van der Waals surface area contributed by atoms with E-state index in [-0.39, 0.29) is 0 Å². The Hall–Kier alpha value is -1.37. The topological polar surface area (TPSA) is 32.3 Å². The monoisotopic (exact) mass is 300 g/mol. The van der Waals surface area contributed by atoms with Crippen LogP contribution in [0.1, 0.15) is 31.9 Å². The van der Waals surface area contributed by atoms with Crippen LogP contribution in [-0.4, -0.2) is 46.8 Å². The van der Waals surface area contributed by atoms with Crippen LogP contribution < -0.4 is 4.90 Å². The van der Waals surface area contributed by atoms with Gasteiger partial charge in [-0.05, 0) is 37.9 Å². The molecule has 2 unspecified atom stereocenters. The summed E-state index contributed by atoms with van der Waals surface area (Å²) in [7, 11) is 0. The van der Waals surface area contributed by atoms with Crippen molar-refractivity contribution in [1.82, 2.24) is 15.1 Å². The summed E-state index contributed by atoms with van der Waals surface area (Å²) in [4.78, 5) is 4.61. The Morgan fingerprint density at radius 2 is 2.05 bits per heavy atom. The number of aromatic nitrogens is 2. The molecule has 3 rings (SSSR count). The molecule has 3 heterocycles. The molecule has 2 fully saturated rings. The van der Waals surface area contributed by atoms with E-state index in [1.54, 1.807) is 0 Å². The van der Waals surface area contributed by atoms with Crippen LogP contribution in [0, 0.1) is 0 Å². The molecule has 0 spiro atoms. The lowest BCUT2D eigenvalue weighted by Gasteiger charge is -2.44. The fraction of sp³-hybridized carbons (Fsp3) is 0.714. The molecule has 2 aliphatic heterocycles. The lowest BCUT2D eigenvalue weighted by atomic mass is 10.1. The van der Waals surface area contributed by atoms with Gasteiger partial charge >= 0.3 is 6.18 Å². The summed E-state index contributed by atoms with van der Waals surface area (Å²) in [6, 6.07) is 3.27. The largest absolute Gasteiger partial charge is 0.435 e. The van der Waals surface area contributed by atoms with E-state index in [2.05, 4.69) is 26.9 Å². The van der Waals surface area contributed by atoms with Crippen LogP contribution in [-0.2, 0) is 6.18 Å². The predicted molar refractivity (Wildman–Crippen MR) is 73.1 cm³/mol. The number of anilines is 1. The minimum atomic E-state index is -4.43. The summed E-state index contributed by atoms with van der Waals surface area (Å²) in [6.07, 6.45) is -1.12. The molecule has 1 aromatic heterocycles. The molecule has 2 atom stereocenters. The van der Waals surface area contributed by atoms with Gasteiger partial charge in [-0.3, -0.25) is 4.90 Å². The molecule has 0 amide bonds. The number of hydrogen-bond donors (Lipinski definition) is 0. The minimum Gasteiger partial charge on any atom is -0.349 e. The lowest BCUT2D eigenvalue weighted by molar-refractivity contribution is -0.141. The molecule has 0 N–H and O–H groups in total. The number of rotatable bonds is 2. The molecule has 116 valence electrons. The number of piperazine rings is 1. The molecule has 0 bridgehead atoms. The Morgan fingerprint density at radius 1 is 1.24 bits per heavy atom. The van der Waals surface area contributed by atoms with E-state index in [1.165, 1.54) is 12.5 Å². The molecule has 2 aliphatic rings. The van der Waals surface area contributed by atoms with E-state index in [9.17, 15) is 13.2 Å². The van der Waals surface area contributed by atoms with E-state index in [1.807, 2.05) is 0 Å². The van der Waals surface area contributed by atoms with Gasteiger partial charge in [0.1, 0.15) is 0 Å². The van der Waals surface area contributed by atoms with Crippen LogP contribution in [0.2, 0.25) is 0 Å². The summed E-state index contributed by atoms with van der Waals surface area (Å²) >= 11 is 0. The van der Waals surface area contributed by atoms with E-state index >= 15 is 0 Å². The highest BCUT2D eigenvalue weighted by molar-refractivity contribution is 5.40. The van der Waals surface area contributed by atoms with Gasteiger partial charge in [0, 0.05) is 25.2 Å². The third-order valence-electron chi connectivity index (χ3n) is 4.50. The van der Waals surface area contributed by atoms with Crippen LogP contribution in [0.4, 0.5) is 19.0 Å². The highest BCUT2D eigenvalue weighted by Crippen LogP contribution is 2.31. The molecular weight excluding hydrogens is 281 g/mol. The maximum absolute atomic E-state index is 12.6. The Morgan fingerprint density at radius 3 is 2.67 bits per heavy atom. The smallest absolute Gasteiger partial charge is 0.349 e. The van der Waals surface area contributed by atoms with Crippen molar-refractivity contribution in [2.45, 2.75) is 44.4 Å². The molecule has 1 aromatic rings. The van der Waals surface area contributed by atoms with Crippen molar-refractivity contribution in [3.05, 3.63) is 17.8 Å². The first-order valence-corrected chi connectivity index (χ1v) is 7.40. The Kier molecular flexibility index (Phi) is 3.77. The van der Waals surface area contributed by atoms with Gasteiger partial charge in [0.2, 0.25) is 0 Å². The third-order valence-corrected chi connectivity index (χ3v) is 4.50. The minimum absolute atomic E-state index is 0.297. The molecule has 4 nitrogen and oxygen atoms in total. The number of alkyl halides is 3. The van der Waals surface area contributed by atoms with Gasteiger partial charge in [-0.15, -0.1) is 10.2 Å². The van der Waals surface area contributed by atoms with Gasteiger partial charge in [-0.2, -0.15) is 13.2 Å². The number of nitrogens with zero attached hydrogens (tertiary/aromatic N) is 4. The van der Waals surface area contributed by atoms with E-state index in [0.717, 1.165) is 38.5 Å². The molecule has 0 aliphatic carbocycles. The van der Waals surface area contributed by atoms with Gasteiger partial charge in [0.25, 0.3) is 0 Å². The Bertz CT molecular complexity index is 488. The summed E-state index contributed by atoms with van der Waals surface area (Å²) in [5, 5.41) is 7.17. The molecule has 21 heavy (non-hydrogen) atoms. The first kappa shape index (κ1) is 14.6. The van der Waals surface area contributed by atoms with Gasteiger partial charge < -0.3 is 4.90 Å². The Balaban J connectivity index is 1.81. The maximum atomic E-state index is 12.6. The number of hydrogen-bond acceptors (Lipinski definition) is 4. The van der Waals surface area contributed by atoms with Gasteiger partial charge in [-0.1, -0.05) is 6.92 Å². The van der Waals surface area contributed by atoms with Gasteiger partial charge in [-0.25, -0.2) is 0 Å². The van der Waals surface area contributed by atoms with Crippen LogP contribution in [0.25, 0.3) is 0 Å². The summed E-state index contributed by atoms with van der Waals surface area (Å²) < 4.78 is 37.7. The second-order valence-corrected chi connectivity index (χ2v) is 5.78. The van der Waals surface area contributed by atoms with Crippen molar-refractivity contribution in [3.63, 3.8) is 0 Å². The van der Waals surface area contributed by atoms with Crippen LogP contribution in [0.15, 0.2) is 12.1 Å². The average molecular weight is 300 g/mol. The van der Waals surface area contributed by atoms with Crippen molar-refractivity contribution < 1.29 is 13.2 Å².